The molecule has 0 aliphatic carbocycles. The SMILES string of the molecule is C[C@@H](c1nc2ccccc2c(=O)[nH]1)[NH+](C)CC(=O)Nc1ccccc1Br. The second-order valence-corrected chi connectivity index (χ2v) is 7.10. The van der Waals surface area contributed by atoms with Crippen molar-refractivity contribution in [1.82, 2.24) is 9.97 Å². The first-order valence-corrected chi connectivity index (χ1v) is 9.10. The van der Waals surface area contributed by atoms with Crippen molar-refractivity contribution in [3.8, 4) is 0 Å². The lowest BCUT2D eigenvalue weighted by molar-refractivity contribution is -0.902. The van der Waals surface area contributed by atoms with E-state index in [-0.39, 0.29) is 24.1 Å². The number of carbonyl (C=O) groups excluding carboxylic acids is 1. The molecule has 3 rings (SSSR count). The number of carbonyl (C=O) groups is 1. The molecule has 3 N–H and O–H groups in total. The van der Waals surface area contributed by atoms with Crippen molar-refractivity contribution in [2.45, 2.75) is 13.0 Å². The summed E-state index contributed by atoms with van der Waals surface area (Å²) in [5, 5.41) is 3.45. The molecule has 7 heteroatoms. The molecule has 1 aromatic heterocycles. The number of quaternary nitrogens is 1. The third-order valence-corrected chi connectivity index (χ3v) is 5.06. The minimum atomic E-state index is -0.164. The molecule has 134 valence electrons. The molecule has 3 aromatic rings. The number of hydrogen-bond donors (Lipinski definition) is 3. The summed E-state index contributed by atoms with van der Waals surface area (Å²) >= 11 is 3.42. The highest BCUT2D eigenvalue weighted by molar-refractivity contribution is 9.10. The number of amides is 1. The number of aromatic nitrogens is 2. The number of H-pyrrole nitrogens is 1. The summed E-state index contributed by atoms with van der Waals surface area (Å²) in [6.07, 6.45) is 0. The van der Waals surface area contributed by atoms with Crippen molar-refractivity contribution in [1.29, 1.82) is 0 Å². The lowest BCUT2D eigenvalue weighted by Gasteiger charge is -2.20. The first-order chi connectivity index (χ1) is 12.5. The van der Waals surface area contributed by atoms with E-state index in [9.17, 15) is 9.59 Å². The van der Waals surface area contributed by atoms with Gasteiger partial charge in [0, 0.05) is 4.47 Å². The number of halogens is 1. The smallest absolute Gasteiger partial charge is 0.279 e. The van der Waals surface area contributed by atoms with Crippen molar-refractivity contribution in [3.63, 3.8) is 0 Å². The molecule has 0 aliphatic rings. The summed E-state index contributed by atoms with van der Waals surface area (Å²) in [4.78, 5) is 32.9. The summed E-state index contributed by atoms with van der Waals surface area (Å²) in [6, 6.07) is 14.5. The third kappa shape index (κ3) is 4.00. The first-order valence-electron chi connectivity index (χ1n) is 8.31. The molecular formula is C19H20BrN4O2+. The maximum absolute atomic E-state index is 12.3. The van der Waals surface area contributed by atoms with Crippen LogP contribution in [0.25, 0.3) is 10.9 Å². The second-order valence-electron chi connectivity index (χ2n) is 6.24. The zero-order chi connectivity index (χ0) is 18.7. The van der Waals surface area contributed by atoms with Crippen molar-refractivity contribution in [3.05, 3.63) is 69.2 Å². The molecule has 0 saturated carbocycles. The maximum Gasteiger partial charge on any atom is 0.279 e. The van der Waals surface area contributed by atoms with Gasteiger partial charge >= 0.3 is 0 Å². The molecule has 1 amide bonds. The Balaban J connectivity index is 1.73. The van der Waals surface area contributed by atoms with Gasteiger partial charge in [-0.05, 0) is 47.1 Å². The highest BCUT2D eigenvalue weighted by atomic mass is 79.9. The molecule has 0 saturated heterocycles. The lowest BCUT2D eigenvalue weighted by Crippen LogP contribution is -3.10. The van der Waals surface area contributed by atoms with E-state index in [0.29, 0.717) is 16.7 Å². The van der Waals surface area contributed by atoms with Crippen LogP contribution in [0.3, 0.4) is 0 Å². The van der Waals surface area contributed by atoms with E-state index < -0.39 is 0 Å². The Labute approximate surface area is 159 Å². The van der Waals surface area contributed by atoms with Crippen LogP contribution >= 0.6 is 15.9 Å². The molecule has 6 nitrogen and oxygen atoms in total. The lowest BCUT2D eigenvalue weighted by atomic mass is 10.2. The predicted octanol–water partition coefficient (Wildman–Crippen LogP) is 1.90. The molecule has 1 unspecified atom stereocenters. The standard InChI is InChI=1S/C19H19BrN4O2/c1-12(18-22-15-9-5-3-7-13(15)19(26)23-18)24(2)11-17(25)21-16-10-6-4-8-14(16)20/h3-10,12H,11H2,1-2H3,(H,21,25)(H,22,23,26)/p+1/t12-/m0/s1. The van der Waals surface area contributed by atoms with Crippen molar-refractivity contribution in [2.24, 2.45) is 0 Å². The summed E-state index contributed by atoms with van der Waals surface area (Å²) < 4.78 is 0.833. The Morgan fingerprint density at radius 2 is 1.92 bits per heavy atom. The van der Waals surface area contributed by atoms with Crippen LogP contribution in [-0.4, -0.2) is 29.5 Å². The van der Waals surface area contributed by atoms with E-state index in [4.69, 9.17) is 0 Å². The molecule has 0 aliphatic heterocycles. The van der Waals surface area contributed by atoms with Gasteiger partial charge < -0.3 is 15.2 Å². The van der Waals surface area contributed by atoms with Crippen LogP contribution in [-0.2, 0) is 4.79 Å². The Bertz CT molecular complexity index is 1000. The highest BCUT2D eigenvalue weighted by Crippen LogP contribution is 2.20. The third-order valence-electron chi connectivity index (χ3n) is 4.37. The second kappa shape index (κ2) is 7.80. The van der Waals surface area contributed by atoms with Gasteiger partial charge in [0.15, 0.2) is 12.4 Å². The summed E-state index contributed by atoms with van der Waals surface area (Å²) in [5.74, 6) is 0.462. The van der Waals surface area contributed by atoms with Crippen molar-refractivity contribution < 1.29 is 9.69 Å². The van der Waals surface area contributed by atoms with E-state index in [2.05, 4.69) is 31.2 Å². The van der Waals surface area contributed by atoms with Gasteiger partial charge in [-0.1, -0.05) is 24.3 Å². The molecule has 0 spiro atoms. The van der Waals surface area contributed by atoms with E-state index in [1.165, 1.54) is 0 Å². The van der Waals surface area contributed by atoms with Gasteiger partial charge in [0.25, 0.3) is 11.5 Å². The number of aromatic amines is 1. The topological polar surface area (TPSA) is 79.3 Å². The van der Waals surface area contributed by atoms with Crippen LogP contribution in [0.5, 0.6) is 0 Å². The fourth-order valence-corrected chi connectivity index (χ4v) is 3.09. The number of nitrogens with zero attached hydrogens (tertiary/aromatic N) is 1. The number of fused-ring (bicyclic) bond motifs is 1. The molecule has 0 radical (unpaired) electrons. The number of nitrogens with one attached hydrogen (secondary N) is 3. The fourth-order valence-electron chi connectivity index (χ4n) is 2.71. The Kier molecular flexibility index (Phi) is 5.49. The fraction of sp³-hybridized carbons (Fsp3) is 0.211. The Morgan fingerprint density at radius 3 is 2.69 bits per heavy atom. The van der Waals surface area contributed by atoms with Gasteiger partial charge in [-0.15, -0.1) is 0 Å². The van der Waals surface area contributed by atoms with Crippen molar-refractivity contribution in [2.75, 3.05) is 18.9 Å². The van der Waals surface area contributed by atoms with Crippen molar-refractivity contribution >= 4 is 38.4 Å². The Hall–Kier alpha value is -2.51. The quantitative estimate of drug-likeness (QED) is 0.595. The van der Waals surface area contributed by atoms with Gasteiger partial charge in [0.1, 0.15) is 6.04 Å². The van der Waals surface area contributed by atoms with E-state index in [1.807, 2.05) is 56.4 Å². The molecule has 2 atom stereocenters. The molecular weight excluding hydrogens is 396 g/mol. The number of anilines is 1. The van der Waals surface area contributed by atoms with Gasteiger partial charge in [-0.25, -0.2) is 4.98 Å². The first kappa shape index (κ1) is 18.3. The van der Waals surface area contributed by atoms with E-state index >= 15 is 0 Å². The zero-order valence-electron chi connectivity index (χ0n) is 14.5. The number of benzene rings is 2. The van der Waals surface area contributed by atoms with Crippen LogP contribution in [0.15, 0.2) is 57.8 Å². The maximum atomic E-state index is 12.3. The van der Waals surface area contributed by atoms with Gasteiger partial charge in [-0.3, -0.25) is 9.59 Å². The predicted molar refractivity (Wildman–Crippen MR) is 105 cm³/mol. The number of hydrogen-bond acceptors (Lipinski definition) is 3. The van der Waals surface area contributed by atoms with Crippen LogP contribution in [0.1, 0.15) is 18.8 Å². The highest BCUT2D eigenvalue weighted by Gasteiger charge is 2.21. The van der Waals surface area contributed by atoms with Gasteiger partial charge in [0.2, 0.25) is 0 Å². The summed E-state index contributed by atoms with van der Waals surface area (Å²) in [6.45, 7) is 2.19. The number of likely N-dealkylation sites (N-methyl/N-ethyl adjacent to an activating group) is 1. The summed E-state index contributed by atoms with van der Waals surface area (Å²) in [7, 11) is 1.90. The van der Waals surface area contributed by atoms with Crippen LogP contribution in [0, 0.1) is 0 Å². The normalized spacial score (nSPS) is 13.3. The van der Waals surface area contributed by atoms with Crippen LogP contribution < -0.4 is 15.8 Å². The number of rotatable bonds is 5. The van der Waals surface area contributed by atoms with E-state index in [1.54, 1.807) is 6.07 Å². The van der Waals surface area contributed by atoms with Gasteiger partial charge in [-0.2, -0.15) is 0 Å². The van der Waals surface area contributed by atoms with Crippen LogP contribution in [0.4, 0.5) is 5.69 Å². The number of para-hydroxylation sites is 2. The monoisotopic (exact) mass is 415 g/mol. The molecule has 26 heavy (non-hydrogen) atoms. The zero-order valence-corrected chi connectivity index (χ0v) is 16.1. The molecule has 0 bridgehead atoms. The average molecular weight is 416 g/mol. The summed E-state index contributed by atoms with van der Waals surface area (Å²) in [5.41, 5.74) is 1.22. The molecule has 0 fully saturated rings. The minimum Gasteiger partial charge on any atom is -0.321 e. The Morgan fingerprint density at radius 1 is 1.23 bits per heavy atom. The minimum absolute atomic E-state index is 0.107. The molecule has 2 aromatic carbocycles. The average Bonchev–Trinajstić information content (AvgIpc) is 2.63. The van der Waals surface area contributed by atoms with Gasteiger partial charge in [0.05, 0.1) is 23.6 Å². The molecule has 1 heterocycles. The van der Waals surface area contributed by atoms with E-state index in [0.717, 1.165) is 15.1 Å². The van der Waals surface area contributed by atoms with Crippen LogP contribution in [0.2, 0.25) is 0 Å². The largest absolute Gasteiger partial charge is 0.321 e.